The molecule has 3 heterocycles. The Kier molecular flexibility index (Phi) is 8.34. The van der Waals surface area contributed by atoms with Crippen LogP contribution in [-0.2, 0) is 12.7 Å². The van der Waals surface area contributed by atoms with E-state index < -0.39 is 36.5 Å². The summed E-state index contributed by atoms with van der Waals surface area (Å²) < 4.78 is 52.8. The van der Waals surface area contributed by atoms with Crippen molar-refractivity contribution in [2.24, 2.45) is 0 Å². The van der Waals surface area contributed by atoms with Gasteiger partial charge in [-0.15, -0.1) is 10.2 Å². The molecule has 0 bridgehead atoms. The van der Waals surface area contributed by atoms with Crippen molar-refractivity contribution in [3.63, 3.8) is 0 Å². The molecule has 0 aliphatic heterocycles. The number of benzene rings is 1. The van der Waals surface area contributed by atoms with Crippen LogP contribution in [0.15, 0.2) is 36.5 Å². The average molecular weight is 600 g/mol. The summed E-state index contributed by atoms with van der Waals surface area (Å²) in [7, 11) is 0. The lowest BCUT2D eigenvalue weighted by atomic mass is 10.1. The number of anilines is 1. The molecule has 0 spiro atoms. The molecule has 0 radical (unpaired) electrons. The largest absolute Gasteiger partial charge is 0.455 e. The van der Waals surface area contributed by atoms with E-state index in [1.165, 1.54) is 37.4 Å². The molecule has 0 aliphatic carbocycles. The van der Waals surface area contributed by atoms with E-state index in [2.05, 4.69) is 36.1 Å². The fourth-order valence-electron chi connectivity index (χ4n) is 3.54. The van der Waals surface area contributed by atoms with Gasteiger partial charge in [0.05, 0.1) is 28.0 Å². The van der Waals surface area contributed by atoms with Crippen molar-refractivity contribution in [2.75, 3.05) is 12.0 Å². The van der Waals surface area contributed by atoms with E-state index in [0.29, 0.717) is 10.4 Å². The number of nitrogens with zero attached hydrogens (tertiary/aromatic N) is 7. The number of aromatic nitrogens is 7. The SMILES string of the molecule is Cc1cc(Cl)cc(C(=O)NC(C)CF)c1NC(=O)c1cc(Cn2nnc(C(F)(F)F)n2)nn1-c1ncccc1Cl. The summed E-state index contributed by atoms with van der Waals surface area (Å²) in [5.74, 6) is -2.85. The van der Waals surface area contributed by atoms with Crippen molar-refractivity contribution in [3.05, 3.63) is 74.9 Å². The minimum Gasteiger partial charge on any atom is -0.347 e. The summed E-state index contributed by atoms with van der Waals surface area (Å²) in [5, 5.41) is 19.4. The van der Waals surface area contributed by atoms with Crippen LogP contribution in [0, 0.1) is 6.92 Å². The van der Waals surface area contributed by atoms with Gasteiger partial charge in [-0.05, 0) is 55.0 Å². The first-order valence-electron chi connectivity index (χ1n) is 11.4. The summed E-state index contributed by atoms with van der Waals surface area (Å²) in [4.78, 5) is 31.2. The number of rotatable bonds is 8. The number of hydrogen-bond donors (Lipinski definition) is 2. The first kappa shape index (κ1) is 28.9. The van der Waals surface area contributed by atoms with Gasteiger partial charge in [-0.3, -0.25) is 9.59 Å². The molecule has 0 saturated heterocycles. The molecule has 1 unspecified atom stereocenters. The third kappa shape index (κ3) is 6.37. The van der Waals surface area contributed by atoms with E-state index in [9.17, 15) is 27.2 Å². The van der Waals surface area contributed by atoms with Gasteiger partial charge >= 0.3 is 6.18 Å². The smallest absolute Gasteiger partial charge is 0.347 e. The van der Waals surface area contributed by atoms with Crippen LogP contribution >= 0.6 is 23.2 Å². The average Bonchev–Trinajstić information content (AvgIpc) is 3.53. The Hall–Kier alpha value is -4.11. The molecule has 11 nitrogen and oxygen atoms in total. The Labute approximate surface area is 233 Å². The van der Waals surface area contributed by atoms with E-state index in [1.54, 1.807) is 13.0 Å². The molecule has 17 heteroatoms. The lowest BCUT2D eigenvalue weighted by Crippen LogP contribution is -2.34. The van der Waals surface area contributed by atoms with E-state index in [1.807, 2.05) is 0 Å². The minimum absolute atomic E-state index is 0.0210. The molecule has 2 amide bonds. The maximum absolute atomic E-state index is 13.5. The Bertz CT molecular complexity index is 1570. The molecule has 0 fully saturated rings. The number of alkyl halides is 4. The maximum Gasteiger partial charge on any atom is 0.455 e. The zero-order valence-corrected chi connectivity index (χ0v) is 22.2. The lowest BCUT2D eigenvalue weighted by molar-refractivity contribution is -0.145. The van der Waals surface area contributed by atoms with Crippen LogP contribution in [0.2, 0.25) is 10.0 Å². The predicted octanol–water partition coefficient (Wildman–Crippen LogP) is 4.28. The monoisotopic (exact) mass is 599 g/mol. The van der Waals surface area contributed by atoms with Crippen molar-refractivity contribution >= 4 is 40.7 Å². The third-order valence-corrected chi connectivity index (χ3v) is 5.85. The van der Waals surface area contributed by atoms with Gasteiger partial charge in [0.2, 0.25) is 0 Å². The molecule has 1 aromatic carbocycles. The number of aryl methyl sites for hydroxylation is 1. The minimum atomic E-state index is -4.80. The highest BCUT2D eigenvalue weighted by Crippen LogP contribution is 2.28. The Balaban J connectivity index is 1.73. The fraction of sp³-hybridized carbons (Fsp3) is 0.261. The molecular formula is C23H19Cl2F4N9O2. The van der Waals surface area contributed by atoms with Crippen molar-refractivity contribution in [2.45, 2.75) is 32.6 Å². The highest BCUT2D eigenvalue weighted by atomic mass is 35.5. The zero-order chi connectivity index (χ0) is 29.2. The number of halogens is 6. The topological polar surface area (TPSA) is 133 Å². The number of nitrogens with one attached hydrogen (secondary N) is 2. The second-order valence-corrected chi connectivity index (χ2v) is 9.35. The molecular weight excluding hydrogens is 581 g/mol. The van der Waals surface area contributed by atoms with Crippen LogP contribution in [0.5, 0.6) is 0 Å². The third-order valence-electron chi connectivity index (χ3n) is 5.33. The predicted molar refractivity (Wildman–Crippen MR) is 135 cm³/mol. The molecule has 40 heavy (non-hydrogen) atoms. The summed E-state index contributed by atoms with van der Waals surface area (Å²) in [5.41, 5.74) is 0.428. The van der Waals surface area contributed by atoms with E-state index >= 15 is 0 Å². The van der Waals surface area contributed by atoms with Gasteiger partial charge in [0.15, 0.2) is 5.82 Å². The van der Waals surface area contributed by atoms with Crippen LogP contribution in [0.1, 0.15) is 44.9 Å². The summed E-state index contributed by atoms with van der Waals surface area (Å²) in [6, 6.07) is 6.35. The number of tetrazole rings is 1. The molecule has 0 saturated carbocycles. The summed E-state index contributed by atoms with van der Waals surface area (Å²) in [6.45, 7) is 1.87. The van der Waals surface area contributed by atoms with Gasteiger partial charge in [-0.2, -0.15) is 23.1 Å². The van der Waals surface area contributed by atoms with Gasteiger partial charge in [-0.25, -0.2) is 14.1 Å². The number of carbonyl (C=O) groups excluding carboxylic acids is 2. The fourth-order valence-corrected chi connectivity index (χ4v) is 4.01. The Morgan fingerprint density at radius 1 is 1.12 bits per heavy atom. The zero-order valence-electron chi connectivity index (χ0n) is 20.7. The molecule has 3 aromatic heterocycles. The first-order valence-corrected chi connectivity index (χ1v) is 12.2. The highest BCUT2D eigenvalue weighted by Gasteiger charge is 2.37. The Morgan fingerprint density at radius 3 is 2.52 bits per heavy atom. The highest BCUT2D eigenvalue weighted by molar-refractivity contribution is 6.32. The van der Waals surface area contributed by atoms with Gasteiger partial charge in [-0.1, -0.05) is 23.2 Å². The van der Waals surface area contributed by atoms with Gasteiger partial charge in [0, 0.05) is 11.2 Å². The van der Waals surface area contributed by atoms with Crippen LogP contribution < -0.4 is 10.6 Å². The van der Waals surface area contributed by atoms with Crippen molar-refractivity contribution in [1.29, 1.82) is 0 Å². The molecule has 4 rings (SSSR count). The summed E-state index contributed by atoms with van der Waals surface area (Å²) >= 11 is 12.4. The second kappa shape index (κ2) is 11.6. The van der Waals surface area contributed by atoms with E-state index in [0.717, 1.165) is 4.68 Å². The molecule has 4 aromatic rings. The standard InChI is InChI=1S/C23H19Cl2F4N9O2/c1-11-6-13(24)7-15(20(39)31-12(2)9-26)18(11)32-21(40)17-8-14(10-37-35-22(33-36-37)23(27,28)29)34-38(17)19-16(25)4-3-5-30-19/h3-8,12H,9-10H2,1-2H3,(H,31,39)(H,32,40). The van der Waals surface area contributed by atoms with Crippen molar-refractivity contribution in [1.82, 2.24) is 40.3 Å². The number of pyridine rings is 1. The van der Waals surface area contributed by atoms with E-state index in [-0.39, 0.29) is 45.0 Å². The second-order valence-electron chi connectivity index (χ2n) is 8.51. The molecule has 210 valence electrons. The normalized spacial score (nSPS) is 12.3. The summed E-state index contributed by atoms with van der Waals surface area (Å²) in [6.07, 6.45) is -3.40. The molecule has 2 N–H and O–H groups in total. The number of amides is 2. The van der Waals surface area contributed by atoms with Crippen LogP contribution in [0.3, 0.4) is 0 Å². The molecule has 1 atom stereocenters. The quantitative estimate of drug-likeness (QED) is 0.289. The van der Waals surface area contributed by atoms with Gasteiger partial charge < -0.3 is 10.6 Å². The van der Waals surface area contributed by atoms with Crippen molar-refractivity contribution < 1.29 is 27.2 Å². The van der Waals surface area contributed by atoms with Crippen LogP contribution in [0.25, 0.3) is 5.82 Å². The van der Waals surface area contributed by atoms with Crippen LogP contribution in [-0.4, -0.2) is 59.5 Å². The first-order chi connectivity index (χ1) is 18.9. The van der Waals surface area contributed by atoms with Gasteiger partial charge in [0.1, 0.15) is 18.9 Å². The van der Waals surface area contributed by atoms with Gasteiger partial charge in [0.25, 0.3) is 17.6 Å². The van der Waals surface area contributed by atoms with E-state index in [4.69, 9.17) is 23.2 Å². The maximum atomic E-state index is 13.5. The van der Waals surface area contributed by atoms with Crippen LogP contribution in [0.4, 0.5) is 23.2 Å². The number of carbonyl (C=O) groups is 2. The number of hydrogen-bond acceptors (Lipinski definition) is 7. The molecule has 0 aliphatic rings. The Morgan fingerprint density at radius 2 is 1.88 bits per heavy atom. The van der Waals surface area contributed by atoms with Crippen molar-refractivity contribution in [3.8, 4) is 5.82 Å². The lowest BCUT2D eigenvalue weighted by Gasteiger charge is -2.17.